The third kappa shape index (κ3) is 5.34. The predicted molar refractivity (Wildman–Crippen MR) is 138 cm³/mol. The molecule has 0 fully saturated rings. The highest BCUT2D eigenvalue weighted by Gasteiger charge is 2.35. The lowest BCUT2D eigenvalue weighted by Gasteiger charge is -2.35. The van der Waals surface area contributed by atoms with Crippen molar-refractivity contribution in [3.8, 4) is 5.69 Å². The van der Waals surface area contributed by atoms with Crippen molar-refractivity contribution in [3.63, 3.8) is 0 Å². The molecule has 0 bridgehead atoms. The molecule has 2 aromatic carbocycles. The molecule has 0 radical (unpaired) electrons. The zero-order chi connectivity index (χ0) is 26.6. The van der Waals surface area contributed by atoms with Crippen molar-refractivity contribution in [1.29, 1.82) is 0 Å². The number of halogens is 1. The second-order valence-electron chi connectivity index (χ2n) is 8.68. The van der Waals surface area contributed by atoms with Crippen LogP contribution in [0.15, 0.2) is 66.9 Å². The summed E-state index contributed by atoms with van der Waals surface area (Å²) in [7, 11) is 0. The Balaban J connectivity index is 1.40. The van der Waals surface area contributed by atoms with Crippen LogP contribution >= 0.6 is 11.6 Å². The van der Waals surface area contributed by atoms with Crippen molar-refractivity contribution in [2.24, 2.45) is 0 Å². The molecule has 0 saturated heterocycles. The molecule has 3 heterocycles. The lowest BCUT2D eigenvalue weighted by Crippen LogP contribution is -2.47. The highest BCUT2D eigenvalue weighted by molar-refractivity contribution is 6.30. The van der Waals surface area contributed by atoms with Gasteiger partial charge in [0, 0.05) is 30.1 Å². The van der Waals surface area contributed by atoms with E-state index in [0.29, 0.717) is 41.7 Å². The van der Waals surface area contributed by atoms with Crippen LogP contribution in [0.25, 0.3) is 11.8 Å². The monoisotopic (exact) mass is 533 g/mol. The molecule has 3 amide bonds. The number of tetrazole rings is 1. The summed E-state index contributed by atoms with van der Waals surface area (Å²) in [6, 6.07) is 11.9. The van der Waals surface area contributed by atoms with Crippen LogP contribution in [-0.2, 0) is 20.8 Å². The minimum atomic E-state index is -0.854. The summed E-state index contributed by atoms with van der Waals surface area (Å²) in [5.41, 5.74) is 5.66. The van der Waals surface area contributed by atoms with Gasteiger partial charge in [-0.05, 0) is 52.2 Å². The van der Waals surface area contributed by atoms with Gasteiger partial charge in [-0.15, -0.1) is 5.10 Å². The zero-order valence-electron chi connectivity index (χ0n) is 20.3. The Bertz CT molecular complexity index is 1440. The fraction of sp³-hybridized carbons (Fsp3) is 0.200. The molecule has 3 aromatic rings. The largest absolute Gasteiger partial charge is 0.351 e. The minimum absolute atomic E-state index is 0.233. The van der Waals surface area contributed by atoms with Gasteiger partial charge in [-0.2, -0.15) is 4.68 Å². The van der Waals surface area contributed by atoms with Crippen molar-refractivity contribution in [2.75, 3.05) is 13.2 Å². The molecule has 0 unspecified atom stereocenters. The quantitative estimate of drug-likeness (QED) is 0.403. The standard InChI is InChI=1S/C25H24ClN9O3/c1-16(36)30-33-13-22(27-14-33)29-25(38)24-20-5-3-2-4-17(20)10-11-34(24)23(37)9-6-18-12-19(26)7-8-21(18)35-15-28-31-32-35/h2-9,12-13,15,24,27H,10-11,14H2,1H3,(H,29,38)(H,30,36)/b9-6+/t24-/m0/s1. The number of rotatable bonds is 6. The van der Waals surface area contributed by atoms with E-state index in [9.17, 15) is 14.4 Å². The lowest BCUT2D eigenvalue weighted by atomic mass is 9.92. The number of carbonyl (C=O) groups excluding carboxylic acids is 3. The second-order valence-corrected chi connectivity index (χ2v) is 9.11. The fourth-order valence-corrected chi connectivity index (χ4v) is 4.63. The summed E-state index contributed by atoms with van der Waals surface area (Å²) < 4.78 is 1.47. The van der Waals surface area contributed by atoms with Crippen molar-refractivity contribution < 1.29 is 14.4 Å². The van der Waals surface area contributed by atoms with E-state index in [-0.39, 0.29) is 17.7 Å². The summed E-state index contributed by atoms with van der Waals surface area (Å²) in [4.78, 5) is 39.9. The summed E-state index contributed by atoms with van der Waals surface area (Å²) in [5, 5.41) is 19.1. The molecule has 38 heavy (non-hydrogen) atoms. The van der Waals surface area contributed by atoms with Gasteiger partial charge in [0.2, 0.25) is 11.8 Å². The SMILES string of the molecule is CC(=O)NN1C=C(NC(=O)[C@@H]2c3ccccc3CCN2C(=O)/C=C/c2cc(Cl)ccc2-n2cnnn2)NC1. The molecular weight excluding hydrogens is 510 g/mol. The van der Waals surface area contributed by atoms with Crippen LogP contribution < -0.4 is 16.1 Å². The molecule has 0 spiro atoms. The first kappa shape index (κ1) is 25.0. The van der Waals surface area contributed by atoms with Gasteiger partial charge in [0.1, 0.15) is 24.9 Å². The molecule has 5 rings (SSSR count). The Morgan fingerprint density at radius 3 is 2.82 bits per heavy atom. The molecule has 2 aliphatic heterocycles. The number of benzene rings is 2. The van der Waals surface area contributed by atoms with Gasteiger partial charge >= 0.3 is 0 Å². The van der Waals surface area contributed by atoms with Crippen LogP contribution in [0.3, 0.4) is 0 Å². The van der Waals surface area contributed by atoms with E-state index >= 15 is 0 Å². The van der Waals surface area contributed by atoms with Gasteiger partial charge in [0.25, 0.3) is 5.91 Å². The number of aromatic nitrogens is 4. The van der Waals surface area contributed by atoms with Crippen LogP contribution in [0.2, 0.25) is 5.02 Å². The van der Waals surface area contributed by atoms with E-state index in [1.54, 1.807) is 30.5 Å². The number of carbonyl (C=O) groups is 3. The number of amides is 3. The average molecular weight is 534 g/mol. The van der Waals surface area contributed by atoms with Crippen molar-refractivity contribution in [2.45, 2.75) is 19.4 Å². The molecule has 3 N–H and O–H groups in total. The molecule has 13 heteroatoms. The number of hydrogen-bond donors (Lipinski definition) is 3. The number of hydrogen-bond acceptors (Lipinski definition) is 8. The Hall–Kier alpha value is -4.71. The molecule has 0 saturated carbocycles. The smallest absolute Gasteiger partial charge is 0.252 e. The first-order chi connectivity index (χ1) is 18.4. The first-order valence-electron chi connectivity index (χ1n) is 11.8. The average Bonchev–Trinajstić information content (AvgIpc) is 3.59. The highest BCUT2D eigenvalue weighted by atomic mass is 35.5. The lowest BCUT2D eigenvalue weighted by molar-refractivity contribution is -0.137. The molecule has 1 atom stereocenters. The number of hydrazine groups is 1. The van der Waals surface area contributed by atoms with E-state index in [4.69, 9.17) is 11.6 Å². The molecule has 0 aliphatic carbocycles. The normalized spacial score (nSPS) is 16.6. The van der Waals surface area contributed by atoms with Crippen LogP contribution in [-0.4, -0.2) is 61.1 Å². The van der Waals surface area contributed by atoms with Crippen LogP contribution in [0.4, 0.5) is 0 Å². The maximum Gasteiger partial charge on any atom is 0.252 e. The minimum Gasteiger partial charge on any atom is -0.351 e. The van der Waals surface area contributed by atoms with E-state index in [0.717, 1.165) is 11.1 Å². The number of nitrogens with zero attached hydrogens (tertiary/aromatic N) is 6. The summed E-state index contributed by atoms with van der Waals surface area (Å²) >= 11 is 6.20. The Morgan fingerprint density at radius 1 is 1.18 bits per heavy atom. The van der Waals surface area contributed by atoms with Crippen LogP contribution in [0.5, 0.6) is 0 Å². The highest BCUT2D eigenvalue weighted by Crippen LogP contribution is 2.31. The van der Waals surface area contributed by atoms with Crippen LogP contribution in [0, 0.1) is 0 Å². The number of nitrogens with one attached hydrogen (secondary N) is 3. The van der Waals surface area contributed by atoms with Crippen LogP contribution in [0.1, 0.15) is 29.7 Å². The zero-order valence-corrected chi connectivity index (χ0v) is 21.1. The number of fused-ring (bicyclic) bond motifs is 1. The van der Waals surface area contributed by atoms with E-state index in [1.807, 2.05) is 24.3 Å². The topological polar surface area (TPSA) is 137 Å². The third-order valence-electron chi connectivity index (χ3n) is 6.09. The first-order valence-corrected chi connectivity index (χ1v) is 12.2. The predicted octanol–water partition coefficient (Wildman–Crippen LogP) is 1.28. The molecular formula is C25H24ClN9O3. The van der Waals surface area contributed by atoms with Gasteiger partial charge in [-0.25, -0.2) is 0 Å². The molecule has 1 aromatic heterocycles. The van der Waals surface area contributed by atoms with Gasteiger partial charge in [-0.1, -0.05) is 35.9 Å². The maximum absolute atomic E-state index is 13.5. The molecule has 2 aliphatic rings. The summed E-state index contributed by atoms with van der Waals surface area (Å²) in [6.07, 6.45) is 6.69. The Kier molecular flexibility index (Phi) is 7.05. The maximum atomic E-state index is 13.5. The third-order valence-corrected chi connectivity index (χ3v) is 6.32. The van der Waals surface area contributed by atoms with Gasteiger partial charge < -0.3 is 15.5 Å². The van der Waals surface area contributed by atoms with E-state index < -0.39 is 6.04 Å². The van der Waals surface area contributed by atoms with Crippen molar-refractivity contribution in [1.82, 2.24) is 46.2 Å². The summed E-state index contributed by atoms with van der Waals surface area (Å²) in [6.45, 7) is 2.05. The van der Waals surface area contributed by atoms with Crippen molar-refractivity contribution >= 4 is 35.4 Å². The molecule has 194 valence electrons. The van der Waals surface area contributed by atoms with Gasteiger partial charge in [0.05, 0.1) is 11.9 Å². The fourth-order valence-electron chi connectivity index (χ4n) is 4.45. The van der Waals surface area contributed by atoms with E-state index in [1.165, 1.54) is 33.9 Å². The van der Waals surface area contributed by atoms with E-state index in [2.05, 4.69) is 31.6 Å². The van der Waals surface area contributed by atoms with Crippen molar-refractivity contribution in [3.05, 3.63) is 88.6 Å². The van der Waals surface area contributed by atoms with Gasteiger partial charge in [-0.3, -0.25) is 24.8 Å². The Morgan fingerprint density at radius 2 is 2.03 bits per heavy atom. The molecule has 12 nitrogen and oxygen atoms in total. The van der Waals surface area contributed by atoms with Gasteiger partial charge in [0.15, 0.2) is 0 Å². The Labute approximate surface area is 222 Å². The second kappa shape index (κ2) is 10.7. The summed E-state index contributed by atoms with van der Waals surface area (Å²) in [5.74, 6) is -0.530.